The molecule has 0 aromatic heterocycles. The molecule has 14 heavy (non-hydrogen) atoms. The molecule has 0 amide bonds. The number of rotatable bonds is 4. The number of hydrogen-bond donors (Lipinski definition) is 0. The summed E-state index contributed by atoms with van der Waals surface area (Å²) in [5, 5.41) is 0. The summed E-state index contributed by atoms with van der Waals surface area (Å²) in [4.78, 5) is 10.5. The summed E-state index contributed by atoms with van der Waals surface area (Å²) in [7, 11) is 0. The first kappa shape index (κ1) is 11.7. The molecule has 1 nitrogen and oxygen atoms in total. The average Bonchev–Trinajstić information content (AvgIpc) is 2.18. The van der Waals surface area contributed by atoms with Gasteiger partial charge in [-0.05, 0) is 30.1 Å². The van der Waals surface area contributed by atoms with Crippen LogP contribution in [-0.4, -0.2) is 6.29 Å². The van der Waals surface area contributed by atoms with E-state index in [1.807, 2.05) is 0 Å². The van der Waals surface area contributed by atoms with Crippen LogP contribution in [0.15, 0.2) is 0 Å². The van der Waals surface area contributed by atoms with Gasteiger partial charge in [0.1, 0.15) is 6.29 Å². The van der Waals surface area contributed by atoms with E-state index >= 15 is 0 Å². The lowest BCUT2D eigenvalue weighted by atomic mass is 9.71. The van der Waals surface area contributed by atoms with Crippen molar-refractivity contribution < 1.29 is 4.79 Å². The summed E-state index contributed by atoms with van der Waals surface area (Å²) in [6.45, 7) is 6.90. The third-order valence-electron chi connectivity index (χ3n) is 3.97. The fourth-order valence-corrected chi connectivity index (χ4v) is 2.73. The van der Waals surface area contributed by atoms with Crippen molar-refractivity contribution in [2.24, 2.45) is 23.7 Å². The monoisotopic (exact) mass is 196 g/mol. The van der Waals surface area contributed by atoms with E-state index in [0.717, 1.165) is 30.5 Å². The molecule has 1 fully saturated rings. The number of hydrogen-bond acceptors (Lipinski definition) is 1. The zero-order chi connectivity index (χ0) is 10.6. The van der Waals surface area contributed by atoms with Crippen molar-refractivity contribution in [3.05, 3.63) is 0 Å². The largest absolute Gasteiger partial charge is 0.303 e. The van der Waals surface area contributed by atoms with Gasteiger partial charge in [-0.3, -0.25) is 0 Å². The highest BCUT2D eigenvalue weighted by Gasteiger charge is 2.27. The SMILES string of the molecule is CC(C)C1CCCC(C(C)CC=O)C1. The molecular weight excluding hydrogens is 172 g/mol. The lowest BCUT2D eigenvalue weighted by Crippen LogP contribution is -2.24. The zero-order valence-corrected chi connectivity index (χ0v) is 9.83. The highest BCUT2D eigenvalue weighted by atomic mass is 16.1. The van der Waals surface area contributed by atoms with Gasteiger partial charge in [0.15, 0.2) is 0 Å². The maximum absolute atomic E-state index is 10.5. The summed E-state index contributed by atoms with van der Waals surface area (Å²) >= 11 is 0. The van der Waals surface area contributed by atoms with E-state index in [-0.39, 0.29) is 0 Å². The fourth-order valence-electron chi connectivity index (χ4n) is 2.73. The van der Waals surface area contributed by atoms with Gasteiger partial charge in [-0.25, -0.2) is 0 Å². The average molecular weight is 196 g/mol. The highest BCUT2D eigenvalue weighted by Crippen LogP contribution is 2.37. The first-order valence-electron chi connectivity index (χ1n) is 6.08. The van der Waals surface area contributed by atoms with Crippen LogP contribution in [0.2, 0.25) is 0 Å². The molecule has 1 aliphatic carbocycles. The second kappa shape index (κ2) is 5.53. The van der Waals surface area contributed by atoms with Gasteiger partial charge in [0.2, 0.25) is 0 Å². The van der Waals surface area contributed by atoms with Gasteiger partial charge in [-0.15, -0.1) is 0 Å². The Balaban J connectivity index is 2.42. The molecule has 3 atom stereocenters. The second-order valence-corrected chi connectivity index (χ2v) is 5.31. The molecule has 1 rings (SSSR count). The molecule has 0 bridgehead atoms. The quantitative estimate of drug-likeness (QED) is 0.627. The minimum atomic E-state index is 0.606. The molecule has 1 aliphatic rings. The van der Waals surface area contributed by atoms with Gasteiger partial charge < -0.3 is 4.79 Å². The molecule has 0 spiro atoms. The maximum atomic E-state index is 10.5. The van der Waals surface area contributed by atoms with E-state index in [0.29, 0.717) is 5.92 Å². The summed E-state index contributed by atoms with van der Waals surface area (Å²) in [5.74, 6) is 3.14. The molecule has 0 aliphatic heterocycles. The van der Waals surface area contributed by atoms with Crippen LogP contribution in [0.3, 0.4) is 0 Å². The van der Waals surface area contributed by atoms with Gasteiger partial charge in [-0.2, -0.15) is 0 Å². The molecule has 82 valence electrons. The van der Waals surface area contributed by atoms with Gasteiger partial charge >= 0.3 is 0 Å². The predicted molar refractivity (Wildman–Crippen MR) is 60.1 cm³/mol. The Labute approximate surface area is 88.3 Å². The Morgan fingerprint density at radius 3 is 2.43 bits per heavy atom. The Kier molecular flexibility index (Phi) is 4.64. The van der Waals surface area contributed by atoms with Crippen molar-refractivity contribution in [2.45, 2.75) is 52.9 Å². The van der Waals surface area contributed by atoms with Crippen molar-refractivity contribution in [3.8, 4) is 0 Å². The Morgan fingerprint density at radius 1 is 1.21 bits per heavy atom. The maximum Gasteiger partial charge on any atom is 0.120 e. The smallest absolute Gasteiger partial charge is 0.120 e. The van der Waals surface area contributed by atoms with Gasteiger partial charge in [-0.1, -0.05) is 40.0 Å². The summed E-state index contributed by atoms with van der Waals surface area (Å²) in [6, 6.07) is 0. The molecular formula is C13H24O. The van der Waals surface area contributed by atoms with E-state index in [9.17, 15) is 4.79 Å². The van der Waals surface area contributed by atoms with Crippen LogP contribution < -0.4 is 0 Å². The van der Waals surface area contributed by atoms with Crippen LogP contribution in [0.25, 0.3) is 0 Å². The molecule has 0 heterocycles. The second-order valence-electron chi connectivity index (χ2n) is 5.31. The van der Waals surface area contributed by atoms with Gasteiger partial charge in [0.25, 0.3) is 0 Å². The predicted octanol–water partition coefficient (Wildman–Crippen LogP) is 3.67. The van der Waals surface area contributed by atoms with Crippen molar-refractivity contribution in [2.75, 3.05) is 0 Å². The topological polar surface area (TPSA) is 17.1 Å². The Morgan fingerprint density at radius 2 is 1.86 bits per heavy atom. The summed E-state index contributed by atoms with van der Waals surface area (Å²) in [6.07, 6.45) is 7.32. The lowest BCUT2D eigenvalue weighted by Gasteiger charge is -2.34. The standard InChI is InChI=1S/C13H24O/c1-10(2)12-5-4-6-13(9-12)11(3)7-8-14/h8,10-13H,4-7,9H2,1-3H3. The molecule has 0 N–H and O–H groups in total. The van der Waals surface area contributed by atoms with Gasteiger partial charge in [0.05, 0.1) is 0 Å². The number of aldehydes is 1. The third kappa shape index (κ3) is 3.11. The highest BCUT2D eigenvalue weighted by molar-refractivity contribution is 5.49. The molecule has 0 radical (unpaired) electrons. The van der Waals surface area contributed by atoms with Crippen LogP contribution >= 0.6 is 0 Å². The van der Waals surface area contributed by atoms with E-state index < -0.39 is 0 Å². The first-order chi connectivity index (χ1) is 6.65. The van der Waals surface area contributed by atoms with E-state index in [1.54, 1.807) is 0 Å². The minimum Gasteiger partial charge on any atom is -0.303 e. The number of carbonyl (C=O) groups excluding carboxylic acids is 1. The van der Waals surface area contributed by atoms with Crippen molar-refractivity contribution in [1.29, 1.82) is 0 Å². The molecule has 0 saturated heterocycles. The van der Waals surface area contributed by atoms with Crippen LogP contribution in [0.1, 0.15) is 52.9 Å². The summed E-state index contributed by atoms with van der Waals surface area (Å²) in [5.41, 5.74) is 0. The molecule has 0 aromatic rings. The third-order valence-corrected chi connectivity index (χ3v) is 3.97. The van der Waals surface area contributed by atoms with Crippen LogP contribution in [0, 0.1) is 23.7 Å². The van der Waals surface area contributed by atoms with Crippen LogP contribution in [0.4, 0.5) is 0 Å². The van der Waals surface area contributed by atoms with Crippen LogP contribution in [-0.2, 0) is 4.79 Å². The van der Waals surface area contributed by atoms with E-state index in [1.165, 1.54) is 25.7 Å². The van der Waals surface area contributed by atoms with Crippen LogP contribution in [0.5, 0.6) is 0 Å². The van der Waals surface area contributed by atoms with Crippen molar-refractivity contribution in [3.63, 3.8) is 0 Å². The van der Waals surface area contributed by atoms with Crippen molar-refractivity contribution in [1.82, 2.24) is 0 Å². The molecule has 3 unspecified atom stereocenters. The van der Waals surface area contributed by atoms with Gasteiger partial charge in [0, 0.05) is 6.42 Å². The first-order valence-corrected chi connectivity index (χ1v) is 6.08. The zero-order valence-electron chi connectivity index (χ0n) is 9.83. The summed E-state index contributed by atoms with van der Waals surface area (Å²) < 4.78 is 0. The molecule has 1 saturated carbocycles. The Hall–Kier alpha value is -0.330. The molecule has 1 heteroatoms. The fraction of sp³-hybridized carbons (Fsp3) is 0.923. The van der Waals surface area contributed by atoms with Crippen molar-refractivity contribution >= 4 is 6.29 Å². The lowest BCUT2D eigenvalue weighted by molar-refractivity contribution is -0.109. The van der Waals surface area contributed by atoms with E-state index in [4.69, 9.17) is 0 Å². The normalized spacial score (nSPS) is 30.3. The van der Waals surface area contributed by atoms with E-state index in [2.05, 4.69) is 20.8 Å². The molecule has 0 aromatic carbocycles. The Bertz CT molecular complexity index is 174. The number of carbonyl (C=O) groups is 1. The minimum absolute atomic E-state index is 0.606.